The highest BCUT2D eigenvalue weighted by atomic mass is 16.1. The van der Waals surface area contributed by atoms with Crippen LogP contribution in [0.4, 0.5) is 5.95 Å². The number of carbonyl (C=O) groups excluding carboxylic acids is 2. The summed E-state index contributed by atoms with van der Waals surface area (Å²) in [6.07, 6.45) is 1.78. The van der Waals surface area contributed by atoms with E-state index in [2.05, 4.69) is 10.3 Å². The van der Waals surface area contributed by atoms with Crippen LogP contribution in [0, 0.1) is 0 Å². The highest BCUT2D eigenvalue weighted by Crippen LogP contribution is 2.13. The van der Waals surface area contributed by atoms with Crippen LogP contribution in [0.5, 0.6) is 0 Å². The van der Waals surface area contributed by atoms with Crippen molar-refractivity contribution in [3.05, 3.63) is 47.8 Å². The third-order valence-electron chi connectivity index (χ3n) is 2.67. The normalized spacial score (nSPS) is 10.2. The van der Waals surface area contributed by atoms with Crippen molar-refractivity contribution < 1.29 is 9.59 Å². The predicted octanol–water partition coefficient (Wildman–Crippen LogP) is 0.918. The van der Waals surface area contributed by atoms with Gasteiger partial charge in [0.25, 0.3) is 0 Å². The van der Waals surface area contributed by atoms with Crippen molar-refractivity contribution in [2.75, 3.05) is 5.32 Å². The molecule has 6 heteroatoms. The molecule has 0 aliphatic carbocycles. The lowest BCUT2D eigenvalue weighted by molar-refractivity contribution is -0.117. The minimum Gasteiger partial charge on any atom is -0.369 e. The number of primary amides is 1. The molecule has 0 unspecified atom stereocenters. The molecule has 0 spiro atoms. The van der Waals surface area contributed by atoms with Gasteiger partial charge < -0.3 is 10.3 Å². The molecular formula is C14H16N4O2. The van der Waals surface area contributed by atoms with Crippen LogP contribution in [0.15, 0.2) is 36.5 Å². The molecule has 1 heterocycles. The molecule has 0 aliphatic heterocycles. The number of benzene rings is 1. The van der Waals surface area contributed by atoms with Crippen LogP contribution in [0.25, 0.3) is 0 Å². The standard InChI is InChI=1S/C14H16N4O2/c1-10(19)16-14-17-12(7-13(15)20)9-18(14)8-11-5-3-2-4-6-11/h2-6,9H,7-8H2,1H3,(H2,15,20)(H,16,17,19). The molecule has 0 atom stereocenters. The molecule has 104 valence electrons. The van der Waals surface area contributed by atoms with Gasteiger partial charge in [0.2, 0.25) is 17.8 Å². The van der Waals surface area contributed by atoms with Gasteiger partial charge in [-0.25, -0.2) is 4.98 Å². The fourth-order valence-corrected chi connectivity index (χ4v) is 1.89. The fraction of sp³-hybridized carbons (Fsp3) is 0.214. The van der Waals surface area contributed by atoms with E-state index in [1.54, 1.807) is 10.8 Å². The molecule has 2 amide bonds. The topological polar surface area (TPSA) is 90.0 Å². The lowest BCUT2D eigenvalue weighted by Crippen LogP contribution is -2.14. The molecule has 0 fully saturated rings. The van der Waals surface area contributed by atoms with Crippen LogP contribution in [0.1, 0.15) is 18.2 Å². The minimum atomic E-state index is -0.455. The van der Waals surface area contributed by atoms with Gasteiger partial charge in [-0.1, -0.05) is 30.3 Å². The van der Waals surface area contributed by atoms with E-state index >= 15 is 0 Å². The van der Waals surface area contributed by atoms with Crippen molar-refractivity contribution in [3.8, 4) is 0 Å². The molecular weight excluding hydrogens is 256 g/mol. The molecule has 0 radical (unpaired) electrons. The number of rotatable bonds is 5. The molecule has 6 nitrogen and oxygen atoms in total. The van der Waals surface area contributed by atoms with Crippen molar-refractivity contribution in [1.82, 2.24) is 9.55 Å². The predicted molar refractivity (Wildman–Crippen MR) is 75.0 cm³/mol. The second-order valence-electron chi connectivity index (χ2n) is 4.49. The Labute approximate surface area is 116 Å². The van der Waals surface area contributed by atoms with Crippen LogP contribution in [0.2, 0.25) is 0 Å². The Morgan fingerprint density at radius 1 is 1.30 bits per heavy atom. The second-order valence-corrected chi connectivity index (χ2v) is 4.49. The number of hydrogen-bond acceptors (Lipinski definition) is 3. The second kappa shape index (κ2) is 6.01. The molecule has 0 bridgehead atoms. The van der Waals surface area contributed by atoms with Gasteiger partial charge in [-0.15, -0.1) is 0 Å². The maximum atomic E-state index is 11.2. The summed E-state index contributed by atoms with van der Waals surface area (Å²) < 4.78 is 1.79. The van der Waals surface area contributed by atoms with Gasteiger partial charge >= 0.3 is 0 Å². The van der Waals surface area contributed by atoms with Crippen molar-refractivity contribution in [2.24, 2.45) is 5.73 Å². The molecule has 20 heavy (non-hydrogen) atoms. The van der Waals surface area contributed by atoms with Crippen molar-refractivity contribution >= 4 is 17.8 Å². The van der Waals surface area contributed by atoms with Crippen molar-refractivity contribution in [3.63, 3.8) is 0 Å². The van der Waals surface area contributed by atoms with Crippen LogP contribution in [-0.2, 0) is 22.6 Å². The Morgan fingerprint density at radius 2 is 2.00 bits per heavy atom. The van der Waals surface area contributed by atoms with Gasteiger partial charge in [0, 0.05) is 13.1 Å². The molecule has 1 aromatic heterocycles. The number of nitrogens with two attached hydrogens (primary N) is 1. The quantitative estimate of drug-likeness (QED) is 0.848. The molecule has 0 saturated carbocycles. The third-order valence-corrected chi connectivity index (χ3v) is 2.67. The largest absolute Gasteiger partial charge is 0.369 e. The summed E-state index contributed by atoms with van der Waals surface area (Å²) in [6.45, 7) is 1.97. The zero-order chi connectivity index (χ0) is 14.5. The number of nitrogens with zero attached hydrogens (tertiary/aromatic N) is 2. The number of amides is 2. The molecule has 3 N–H and O–H groups in total. The smallest absolute Gasteiger partial charge is 0.223 e. The Morgan fingerprint density at radius 3 is 2.60 bits per heavy atom. The number of anilines is 1. The van der Waals surface area contributed by atoms with Crippen LogP contribution in [-0.4, -0.2) is 21.4 Å². The Hall–Kier alpha value is -2.63. The number of nitrogens with one attached hydrogen (secondary N) is 1. The van der Waals surface area contributed by atoms with Gasteiger partial charge in [0.1, 0.15) is 0 Å². The summed E-state index contributed by atoms with van der Waals surface area (Å²) in [5, 5.41) is 2.65. The lowest BCUT2D eigenvalue weighted by Gasteiger charge is -2.07. The SMILES string of the molecule is CC(=O)Nc1nc(CC(N)=O)cn1Cc1ccccc1. The van der Waals surface area contributed by atoms with E-state index in [0.29, 0.717) is 18.2 Å². The van der Waals surface area contributed by atoms with Gasteiger partial charge in [-0.3, -0.25) is 14.9 Å². The highest BCUT2D eigenvalue weighted by Gasteiger charge is 2.11. The van der Waals surface area contributed by atoms with E-state index in [1.807, 2.05) is 30.3 Å². The Kier molecular flexibility index (Phi) is 4.14. The Balaban J connectivity index is 2.26. The monoisotopic (exact) mass is 272 g/mol. The first-order valence-corrected chi connectivity index (χ1v) is 6.20. The van der Waals surface area contributed by atoms with E-state index < -0.39 is 5.91 Å². The summed E-state index contributed by atoms with van der Waals surface area (Å²) in [5.74, 6) is -0.253. The number of carbonyl (C=O) groups is 2. The number of aromatic nitrogens is 2. The van der Waals surface area contributed by atoms with Crippen LogP contribution < -0.4 is 11.1 Å². The van der Waals surface area contributed by atoms with Crippen LogP contribution in [0.3, 0.4) is 0 Å². The van der Waals surface area contributed by atoms with Gasteiger partial charge in [0.05, 0.1) is 18.7 Å². The maximum absolute atomic E-state index is 11.2. The first-order chi connectivity index (χ1) is 9.54. The van der Waals surface area contributed by atoms with E-state index in [0.717, 1.165) is 5.56 Å². The fourth-order valence-electron chi connectivity index (χ4n) is 1.89. The highest BCUT2D eigenvalue weighted by molar-refractivity contribution is 5.87. The summed E-state index contributed by atoms with van der Waals surface area (Å²) in [6, 6.07) is 9.77. The summed E-state index contributed by atoms with van der Waals surface area (Å²) in [4.78, 5) is 26.4. The average molecular weight is 272 g/mol. The van der Waals surface area contributed by atoms with Crippen molar-refractivity contribution in [1.29, 1.82) is 0 Å². The molecule has 2 rings (SSSR count). The number of hydrogen-bond donors (Lipinski definition) is 2. The Bertz CT molecular complexity index is 619. The molecule has 0 saturated heterocycles. The van der Waals surface area contributed by atoms with E-state index in [1.165, 1.54) is 6.92 Å². The third kappa shape index (κ3) is 3.68. The molecule has 1 aromatic carbocycles. The summed E-state index contributed by atoms with van der Waals surface area (Å²) in [5.41, 5.74) is 6.77. The van der Waals surface area contributed by atoms with Gasteiger partial charge in [0.15, 0.2) is 0 Å². The first kappa shape index (κ1) is 13.8. The summed E-state index contributed by atoms with van der Waals surface area (Å²) >= 11 is 0. The van der Waals surface area contributed by atoms with Crippen molar-refractivity contribution in [2.45, 2.75) is 19.9 Å². The minimum absolute atomic E-state index is 0.0500. The maximum Gasteiger partial charge on any atom is 0.223 e. The van der Waals surface area contributed by atoms with E-state index in [4.69, 9.17) is 5.73 Å². The first-order valence-electron chi connectivity index (χ1n) is 6.20. The van der Waals surface area contributed by atoms with E-state index in [-0.39, 0.29) is 12.3 Å². The van der Waals surface area contributed by atoms with Crippen LogP contribution >= 0.6 is 0 Å². The van der Waals surface area contributed by atoms with Gasteiger partial charge in [-0.05, 0) is 5.56 Å². The zero-order valence-electron chi connectivity index (χ0n) is 11.2. The molecule has 2 aromatic rings. The summed E-state index contributed by atoms with van der Waals surface area (Å²) in [7, 11) is 0. The number of imidazole rings is 1. The van der Waals surface area contributed by atoms with E-state index in [9.17, 15) is 9.59 Å². The average Bonchev–Trinajstić information content (AvgIpc) is 2.70. The lowest BCUT2D eigenvalue weighted by atomic mass is 10.2. The zero-order valence-corrected chi connectivity index (χ0v) is 11.2. The van der Waals surface area contributed by atoms with Gasteiger partial charge in [-0.2, -0.15) is 0 Å². The molecule has 0 aliphatic rings.